The van der Waals surface area contributed by atoms with Gasteiger partial charge in [0.1, 0.15) is 0 Å². The molecule has 2 rings (SSSR count). The normalized spacial score (nSPS) is 13.0. The van der Waals surface area contributed by atoms with E-state index in [1.165, 1.54) is 0 Å². The molecule has 25 heavy (non-hydrogen) atoms. The average molecular weight is 340 g/mol. The summed E-state index contributed by atoms with van der Waals surface area (Å²) in [5, 5.41) is 16.1. The Kier molecular flexibility index (Phi) is 5.93. The molecule has 5 heteroatoms. The van der Waals surface area contributed by atoms with Gasteiger partial charge < -0.3 is 15.7 Å². The Balaban J connectivity index is 2.12. The lowest BCUT2D eigenvalue weighted by Crippen LogP contribution is -2.28. The number of rotatable bonds is 6. The van der Waals surface area contributed by atoms with E-state index in [9.17, 15) is 14.7 Å². The zero-order valence-corrected chi connectivity index (χ0v) is 14.8. The van der Waals surface area contributed by atoms with Crippen molar-refractivity contribution < 1.29 is 14.7 Å². The van der Waals surface area contributed by atoms with Crippen molar-refractivity contribution in [2.75, 3.05) is 11.9 Å². The largest absolute Gasteiger partial charge is 0.385 e. The van der Waals surface area contributed by atoms with Crippen molar-refractivity contribution in [3.63, 3.8) is 0 Å². The van der Waals surface area contributed by atoms with Gasteiger partial charge in [0.25, 0.3) is 5.91 Å². The standard InChI is InChI=1S/C20H24N2O3/c1-4-21-19(24)15-11-10-14(2)17(12-15)22-18(23)13-20(3,25)16-8-6-5-7-9-16/h5-12,25H,4,13H2,1-3H3,(H,21,24)(H,22,23). The van der Waals surface area contributed by atoms with E-state index in [4.69, 9.17) is 0 Å². The van der Waals surface area contributed by atoms with Crippen LogP contribution >= 0.6 is 0 Å². The number of anilines is 1. The van der Waals surface area contributed by atoms with E-state index in [0.29, 0.717) is 23.4 Å². The van der Waals surface area contributed by atoms with Gasteiger partial charge in [-0.2, -0.15) is 0 Å². The zero-order chi connectivity index (χ0) is 18.4. The van der Waals surface area contributed by atoms with Crippen molar-refractivity contribution in [2.24, 2.45) is 0 Å². The number of carbonyl (C=O) groups excluding carboxylic acids is 2. The fourth-order valence-corrected chi connectivity index (χ4v) is 2.57. The molecule has 0 bridgehead atoms. The van der Waals surface area contributed by atoms with E-state index < -0.39 is 5.60 Å². The van der Waals surface area contributed by atoms with Gasteiger partial charge in [-0.05, 0) is 44.0 Å². The molecule has 0 saturated heterocycles. The summed E-state index contributed by atoms with van der Waals surface area (Å²) in [6.07, 6.45) is -0.0815. The van der Waals surface area contributed by atoms with Gasteiger partial charge in [-0.15, -0.1) is 0 Å². The predicted molar refractivity (Wildman–Crippen MR) is 98.4 cm³/mol. The minimum absolute atomic E-state index is 0.0815. The van der Waals surface area contributed by atoms with Gasteiger partial charge in [-0.3, -0.25) is 9.59 Å². The minimum Gasteiger partial charge on any atom is -0.385 e. The SMILES string of the molecule is CCNC(=O)c1ccc(C)c(NC(=O)CC(C)(O)c2ccccc2)c1. The molecule has 0 spiro atoms. The van der Waals surface area contributed by atoms with Crippen LogP contribution in [0.15, 0.2) is 48.5 Å². The molecule has 0 radical (unpaired) electrons. The molecular weight excluding hydrogens is 316 g/mol. The summed E-state index contributed by atoms with van der Waals surface area (Å²) < 4.78 is 0. The Morgan fingerprint density at radius 1 is 1.12 bits per heavy atom. The van der Waals surface area contributed by atoms with Crippen LogP contribution in [-0.2, 0) is 10.4 Å². The third-order valence-corrected chi connectivity index (χ3v) is 4.01. The molecular formula is C20H24N2O3. The van der Waals surface area contributed by atoms with E-state index in [1.807, 2.05) is 32.0 Å². The molecule has 0 aliphatic heterocycles. The molecule has 132 valence electrons. The summed E-state index contributed by atoms with van der Waals surface area (Å²) in [6, 6.07) is 14.2. The van der Waals surface area contributed by atoms with E-state index in [0.717, 1.165) is 5.56 Å². The highest BCUT2D eigenvalue weighted by molar-refractivity contribution is 5.98. The smallest absolute Gasteiger partial charge is 0.251 e. The first-order valence-electron chi connectivity index (χ1n) is 8.30. The molecule has 5 nitrogen and oxygen atoms in total. The van der Waals surface area contributed by atoms with E-state index in [2.05, 4.69) is 10.6 Å². The van der Waals surface area contributed by atoms with Crippen LogP contribution in [0, 0.1) is 6.92 Å². The van der Waals surface area contributed by atoms with Crippen molar-refractivity contribution in [1.82, 2.24) is 5.32 Å². The second-order valence-electron chi connectivity index (χ2n) is 6.25. The van der Waals surface area contributed by atoms with Crippen LogP contribution < -0.4 is 10.6 Å². The van der Waals surface area contributed by atoms with Gasteiger partial charge >= 0.3 is 0 Å². The maximum absolute atomic E-state index is 12.4. The van der Waals surface area contributed by atoms with Crippen LogP contribution in [0.2, 0.25) is 0 Å². The molecule has 0 heterocycles. The van der Waals surface area contributed by atoms with Crippen LogP contribution in [0.4, 0.5) is 5.69 Å². The van der Waals surface area contributed by atoms with Gasteiger partial charge in [0.15, 0.2) is 0 Å². The highest BCUT2D eigenvalue weighted by Gasteiger charge is 2.26. The summed E-state index contributed by atoms with van der Waals surface area (Å²) in [6.45, 7) is 5.85. The number of hydrogen-bond donors (Lipinski definition) is 3. The fraction of sp³-hybridized carbons (Fsp3) is 0.300. The number of nitrogens with one attached hydrogen (secondary N) is 2. The first kappa shape index (κ1) is 18.7. The second-order valence-corrected chi connectivity index (χ2v) is 6.25. The van der Waals surface area contributed by atoms with Crippen LogP contribution in [0.5, 0.6) is 0 Å². The van der Waals surface area contributed by atoms with E-state index in [1.54, 1.807) is 37.3 Å². The number of aliphatic hydroxyl groups is 1. The first-order chi connectivity index (χ1) is 11.8. The number of amides is 2. The average Bonchev–Trinajstić information content (AvgIpc) is 2.57. The molecule has 2 amide bonds. The lowest BCUT2D eigenvalue weighted by Gasteiger charge is -2.23. The number of aryl methyl sites for hydroxylation is 1. The molecule has 2 aromatic rings. The molecule has 0 fully saturated rings. The summed E-state index contributed by atoms with van der Waals surface area (Å²) >= 11 is 0. The maximum Gasteiger partial charge on any atom is 0.251 e. The van der Waals surface area contributed by atoms with Crippen molar-refractivity contribution in [1.29, 1.82) is 0 Å². The molecule has 3 N–H and O–H groups in total. The molecule has 0 aliphatic rings. The molecule has 0 saturated carbocycles. The molecule has 0 aromatic heterocycles. The lowest BCUT2D eigenvalue weighted by molar-refractivity contribution is -0.120. The highest BCUT2D eigenvalue weighted by Crippen LogP contribution is 2.25. The van der Waals surface area contributed by atoms with Gasteiger partial charge in [0.05, 0.1) is 12.0 Å². The quantitative estimate of drug-likeness (QED) is 0.756. The summed E-state index contributed by atoms with van der Waals surface area (Å²) in [4.78, 5) is 24.3. The monoisotopic (exact) mass is 340 g/mol. The fourth-order valence-electron chi connectivity index (χ4n) is 2.57. The Hall–Kier alpha value is -2.66. The zero-order valence-electron chi connectivity index (χ0n) is 14.8. The lowest BCUT2D eigenvalue weighted by atomic mass is 9.92. The second kappa shape index (κ2) is 7.94. The van der Waals surface area contributed by atoms with Crippen molar-refractivity contribution in [3.05, 3.63) is 65.2 Å². The maximum atomic E-state index is 12.4. The number of benzene rings is 2. The Morgan fingerprint density at radius 2 is 1.80 bits per heavy atom. The Labute approximate surface area is 148 Å². The Bertz CT molecular complexity index is 755. The molecule has 2 aromatic carbocycles. The van der Waals surface area contributed by atoms with Gasteiger partial charge in [-0.1, -0.05) is 36.4 Å². The van der Waals surface area contributed by atoms with Gasteiger partial charge in [0, 0.05) is 17.8 Å². The third kappa shape index (κ3) is 4.90. The third-order valence-electron chi connectivity index (χ3n) is 4.01. The van der Waals surface area contributed by atoms with Crippen molar-refractivity contribution >= 4 is 17.5 Å². The number of hydrogen-bond acceptors (Lipinski definition) is 3. The summed E-state index contributed by atoms with van der Waals surface area (Å²) in [7, 11) is 0. The van der Waals surface area contributed by atoms with Crippen LogP contribution in [0.3, 0.4) is 0 Å². The molecule has 1 atom stereocenters. The van der Waals surface area contributed by atoms with Gasteiger partial charge in [-0.25, -0.2) is 0 Å². The summed E-state index contributed by atoms with van der Waals surface area (Å²) in [5.41, 5.74) is 1.31. The molecule has 0 aliphatic carbocycles. The van der Waals surface area contributed by atoms with Crippen LogP contribution in [0.1, 0.15) is 41.8 Å². The predicted octanol–water partition coefficient (Wildman–Crippen LogP) is 2.98. The van der Waals surface area contributed by atoms with Gasteiger partial charge in [0.2, 0.25) is 5.91 Å². The van der Waals surface area contributed by atoms with E-state index in [-0.39, 0.29) is 18.2 Å². The first-order valence-corrected chi connectivity index (χ1v) is 8.30. The Morgan fingerprint density at radius 3 is 2.44 bits per heavy atom. The highest BCUT2D eigenvalue weighted by atomic mass is 16.3. The van der Waals surface area contributed by atoms with Crippen LogP contribution in [-0.4, -0.2) is 23.5 Å². The molecule has 1 unspecified atom stereocenters. The van der Waals surface area contributed by atoms with Crippen molar-refractivity contribution in [3.8, 4) is 0 Å². The minimum atomic E-state index is -1.27. The number of carbonyl (C=O) groups is 2. The van der Waals surface area contributed by atoms with Crippen molar-refractivity contribution in [2.45, 2.75) is 32.8 Å². The topological polar surface area (TPSA) is 78.4 Å². The van der Waals surface area contributed by atoms with E-state index >= 15 is 0 Å². The summed E-state index contributed by atoms with van der Waals surface area (Å²) in [5.74, 6) is -0.501. The van der Waals surface area contributed by atoms with Crippen LogP contribution in [0.25, 0.3) is 0 Å².